The Morgan fingerprint density at radius 3 is 2.62 bits per heavy atom. The number of benzene rings is 1. The molecule has 0 saturated carbocycles. The molecule has 1 aliphatic carbocycles. The molecule has 0 aliphatic heterocycles. The second-order valence-electron chi connectivity index (χ2n) is 3.93. The van der Waals surface area contributed by atoms with Crippen molar-refractivity contribution in [2.75, 3.05) is 0 Å². The van der Waals surface area contributed by atoms with Gasteiger partial charge < -0.3 is 10.5 Å². The van der Waals surface area contributed by atoms with Crippen LogP contribution in [0.2, 0.25) is 0 Å². The number of carbonyl (C=O) groups is 1. The van der Waals surface area contributed by atoms with E-state index in [0.717, 1.165) is 19.3 Å². The Labute approximate surface area is 94.9 Å². The molecule has 0 radical (unpaired) electrons. The molecule has 2 rings (SSSR count). The van der Waals surface area contributed by atoms with E-state index in [1.807, 2.05) is 18.2 Å². The van der Waals surface area contributed by atoms with Gasteiger partial charge in [0.15, 0.2) is 0 Å². The fourth-order valence-corrected chi connectivity index (χ4v) is 2.00. The third kappa shape index (κ3) is 2.63. The zero-order valence-corrected chi connectivity index (χ0v) is 9.06. The van der Waals surface area contributed by atoms with E-state index < -0.39 is 6.09 Å². The van der Waals surface area contributed by atoms with E-state index in [9.17, 15) is 4.79 Å². The van der Waals surface area contributed by atoms with Gasteiger partial charge in [-0.1, -0.05) is 36.4 Å². The Balaban J connectivity index is 2.01. The SMILES string of the molecule is NC(=O)OC1CC=C(c2ccccc2)CC1. The molecule has 0 aromatic heterocycles. The summed E-state index contributed by atoms with van der Waals surface area (Å²) in [6.07, 6.45) is 3.94. The minimum absolute atomic E-state index is 0.0510. The molecule has 1 aliphatic rings. The fourth-order valence-electron chi connectivity index (χ4n) is 2.00. The first kappa shape index (κ1) is 10.7. The molecule has 0 bridgehead atoms. The third-order valence-corrected chi connectivity index (χ3v) is 2.79. The van der Waals surface area contributed by atoms with Crippen LogP contribution in [0.5, 0.6) is 0 Å². The first-order valence-corrected chi connectivity index (χ1v) is 5.46. The highest BCUT2D eigenvalue weighted by Gasteiger charge is 2.17. The molecule has 1 amide bonds. The second-order valence-corrected chi connectivity index (χ2v) is 3.93. The highest BCUT2D eigenvalue weighted by Crippen LogP contribution is 2.27. The van der Waals surface area contributed by atoms with Crippen molar-refractivity contribution in [3.63, 3.8) is 0 Å². The van der Waals surface area contributed by atoms with Crippen LogP contribution in [0.4, 0.5) is 4.79 Å². The van der Waals surface area contributed by atoms with Gasteiger partial charge in [0.1, 0.15) is 6.10 Å². The summed E-state index contributed by atoms with van der Waals surface area (Å²) < 4.78 is 4.97. The Hall–Kier alpha value is -1.77. The Morgan fingerprint density at radius 2 is 2.06 bits per heavy atom. The van der Waals surface area contributed by atoms with Gasteiger partial charge in [0.05, 0.1) is 0 Å². The molecule has 1 aromatic rings. The molecular formula is C13H15NO2. The van der Waals surface area contributed by atoms with E-state index in [1.54, 1.807) is 0 Å². The lowest BCUT2D eigenvalue weighted by atomic mass is 9.92. The van der Waals surface area contributed by atoms with Crippen molar-refractivity contribution in [2.45, 2.75) is 25.4 Å². The van der Waals surface area contributed by atoms with Gasteiger partial charge in [-0.3, -0.25) is 0 Å². The number of rotatable bonds is 2. The number of primary amides is 1. The lowest BCUT2D eigenvalue weighted by molar-refractivity contribution is 0.102. The van der Waals surface area contributed by atoms with Gasteiger partial charge in [-0.05, 0) is 24.0 Å². The van der Waals surface area contributed by atoms with Crippen molar-refractivity contribution in [1.82, 2.24) is 0 Å². The van der Waals surface area contributed by atoms with Crippen LogP contribution in [-0.4, -0.2) is 12.2 Å². The molecule has 2 N–H and O–H groups in total. The summed E-state index contributed by atoms with van der Waals surface area (Å²) in [5.41, 5.74) is 7.56. The summed E-state index contributed by atoms with van der Waals surface area (Å²) in [5.74, 6) is 0. The van der Waals surface area contributed by atoms with E-state index in [4.69, 9.17) is 10.5 Å². The van der Waals surface area contributed by atoms with Gasteiger partial charge in [-0.15, -0.1) is 0 Å². The van der Waals surface area contributed by atoms with Crippen LogP contribution in [0.25, 0.3) is 5.57 Å². The summed E-state index contributed by atoms with van der Waals surface area (Å²) >= 11 is 0. The maximum absolute atomic E-state index is 10.6. The normalized spacial score (nSPS) is 20.0. The Morgan fingerprint density at radius 1 is 1.31 bits per heavy atom. The Bertz CT molecular complexity index is 398. The van der Waals surface area contributed by atoms with Crippen LogP contribution in [0.1, 0.15) is 24.8 Å². The zero-order chi connectivity index (χ0) is 11.4. The monoisotopic (exact) mass is 217 g/mol. The van der Waals surface area contributed by atoms with E-state index in [1.165, 1.54) is 11.1 Å². The number of hydrogen-bond acceptors (Lipinski definition) is 2. The van der Waals surface area contributed by atoms with Crippen molar-refractivity contribution >= 4 is 11.7 Å². The maximum atomic E-state index is 10.6. The van der Waals surface area contributed by atoms with Crippen LogP contribution in [0.15, 0.2) is 36.4 Å². The largest absolute Gasteiger partial charge is 0.446 e. The molecule has 0 spiro atoms. The molecule has 0 heterocycles. The molecular weight excluding hydrogens is 202 g/mol. The van der Waals surface area contributed by atoms with Crippen molar-refractivity contribution in [3.8, 4) is 0 Å². The topological polar surface area (TPSA) is 52.3 Å². The smallest absolute Gasteiger partial charge is 0.404 e. The fraction of sp³-hybridized carbons (Fsp3) is 0.308. The first-order chi connectivity index (χ1) is 7.75. The lowest BCUT2D eigenvalue weighted by Crippen LogP contribution is -2.23. The third-order valence-electron chi connectivity index (χ3n) is 2.79. The molecule has 84 valence electrons. The summed E-state index contributed by atoms with van der Waals surface area (Å²) in [7, 11) is 0. The summed E-state index contributed by atoms with van der Waals surface area (Å²) in [6, 6.07) is 10.3. The van der Waals surface area contributed by atoms with Crippen LogP contribution in [-0.2, 0) is 4.74 Å². The van der Waals surface area contributed by atoms with Gasteiger partial charge in [-0.25, -0.2) is 4.79 Å². The average molecular weight is 217 g/mol. The standard InChI is InChI=1S/C13H15NO2/c14-13(15)16-12-8-6-11(7-9-12)10-4-2-1-3-5-10/h1-6,12H,7-9H2,(H2,14,15). The maximum Gasteiger partial charge on any atom is 0.404 e. The van der Waals surface area contributed by atoms with Crippen molar-refractivity contribution in [1.29, 1.82) is 0 Å². The molecule has 3 nitrogen and oxygen atoms in total. The molecule has 16 heavy (non-hydrogen) atoms. The predicted molar refractivity (Wildman–Crippen MR) is 62.7 cm³/mol. The highest BCUT2D eigenvalue weighted by molar-refractivity contribution is 5.67. The molecule has 0 saturated heterocycles. The van der Waals surface area contributed by atoms with Gasteiger partial charge in [0.2, 0.25) is 0 Å². The lowest BCUT2D eigenvalue weighted by Gasteiger charge is -2.21. The molecule has 1 atom stereocenters. The zero-order valence-electron chi connectivity index (χ0n) is 9.06. The number of carbonyl (C=O) groups excluding carboxylic acids is 1. The predicted octanol–water partition coefficient (Wildman–Crippen LogP) is 2.72. The molecule has 1 aromatic carbocycles. The number of nitrogens with two attached hydrogens (primary N) is 1. The average Bonchev–Trinajstić information content (AvgIpc) is 2.30. The summed E-state index contributed by atoms with van der Waals surface area (Å²) in [6.45, 7) is 0. The number of amides is 1. The van der Waals surface area contributed by atoms with Gasteiger partial charge in [0.25, 0.3) is 0 Å². The van der Waals surface area contributed by atoms with Gasteiger partial charge >= 0.3 is 6.09 Å². The number of allylic oxidation sites excluding steroid dienone is 1. The van der Waals surface area contributed by atoms with Crippen molar-refractivity contribution < 1.29 is 9.53 Å². The molecule has 0 fully saturated rings. The van der Waals surface area contributed by atoms with Crippen LogP contribution >= 0.6 is 0 Å². The van der Waals surface area contributed by atoms with Crippen LogP contribution < -0.4 is 5.73 Å². The summed E-state index contributed by atoms with van der Waals surface area (Å²) in [4.78, 5) is 10.6. The van der Waals surface area contributed by atoms with Crippen molar-refractivity contribution in [3.05, 3.63) is 42.0 Å². The molecule has 3 heteroatoms. The van der Waals surface area contributed by atoms with E-state index >= 15 is 0 Å². The minimum Gasteiger partial charge on any atom is -0.446 e. The van der Waals surface area contributed by atoms with Crippen LogP contribution in [0, 0.1) is 0 Å². The van der Waals surface area contributed by atoms with Crippen molar-refractivity contribution in [2.24, 2.45) is 5.73 Å². The van der Waals surface area contributed by atoms with E-state index in [2.05, 4.69) is 18.2 Å². The first-order valence-electron chi connectivity index (χ1n) is 5.46. The Kier molecular flexibility index (Phi) is 3.25. The minimum atomic E-state index is -0.679. The van der Waals surface area contributed by atoms with E-state index in [0.29, 0.717) is 0 Å². The van der Waals surface area contributed by atoms with Gasteiger partial charge in [-0.2, -0.15) is 0 Å². The number of hydrogen-bond donors (Lipinski definition) is 1. The quantitative estimate of drug-likeness (QED) is 0.828. The summed E-state index contributed by atoms with van der Waals surface area (Å²) in [5, 5.41) is 0. The van der Waals surface area contributed by atoms with Gasteiger partial charge in [0, 0.05) is 6.42 Å². The second kappa shape index (κ2) is 4.84. The number of ether oxygens (including phenoxy) is 1. The van der Waals surface area contributed by atoms with E-state index in [-0.39, 0.29) is 6.10 Å². The van der Waals surface area contributed by atoms with Crippen LogP contribution in [0.3, 0.4) is 0 Å². The highest BCUT2D eigenvalue weighted by atomic mass is 16.6. The molecule has 1 unspecified atom stereocenters.